The number of ether oxygens (including phenoxy) is 1. The fraction of sp³-hybridized carbons (Fsp3) is 0.250. The highest BCUT2D eigenvalue weighted by Crippen LogP contribution is 2.34. The molecule has 2 saturated heterocycles. The van der Waals surface area contributed by atoms with Crippen molar-refractivity contribution in [1.29, 1.82) is 0 Å². The molecule has 0 radical (unpaired) electrons. The van der Waals surface area contributed by atoms with Crippen LogP contribution in [0.25, 0.3) is 0 Å². The zero-order valence-electron chi connectivity index (χ0n) is 20.6. The Morgan fingerprint density at radius 2 is 1.47 bits per heavy atom. The molecule has 10 heteroatoms. The van der Waals surface area contributed by atoms with Crippen molar-refractivity contribution in [3.63, 3.8) is 0 Å². The summed E-state index contributed by atoms with van der Waals surface area (Å²) >= 11 is 0. The van der Waals surface area contributed by atoms with Gasteiger partial charge in [-0.3, -0.25) is 19.3 Å². The standard InChI is InChI=1S/C28H27N3O6S/c32-26-15-16-27(33)31(26)21-11-9-20(10-12-21)28(34)29-24-19-23(38(35,36)30-17-5-2-6-18-30)13-14-25(24)37-22-7-3-1-4-8-22/h1,3-4,7-14,19H,2,5-6,15-18H2,(H,29,34). The van der Waals surface area contributed by atoms with E-state index in [0.29, 0.717) is 24.5 Å². The van der Waals surface area contributed by atoms with Gasteiger partial charge in [0.15, 0.2) is 5.75 Å². The minimum Gasteiger partial charge on any atom is -0.455 e. The Morgan fingerprint density at radius 3 is 2.13 bits per heavy atom. The Kier molecular flexibility index (Phi) is 7.26. The third-order valence-electron chi connectivity index (χ3n) is 6.56. The summed E-state index contributed by atoms with van der Waals surface area (Å²) in [4.78, 5) is 38.4. The molecule has 0 bridgehead atoms. The lowest BCUT2D eigenvalue weighted by atomic mass is 10.1. The van der Waals surface area contributed by atoms with Crippen molar-refractivity contribution in [3.05, 3.63) is 78.4 Å². The van der Waals surface area contributed by atoms with Crippen LogP contribution in [-0.2, 0) is 19.6 Å². The molecule has 5 rings (SSSR count). The third kappa shape index (κ3) is 5.32. The van der Waals surface area contributed by atoms with Gasteiger partial charge in [-0.05, 0) is 67.4 Å². The molecular formula is C28H27N3O6S. The number of nitrogens with zero attached hydrogens (tertiary/aromatic N) is 2. The first-order valence-electron chi connectivity index (χ1n) is 12.5. The number of carbonyl (C=O) groups excluding carboxylic acids is 3. The number of sulfonamides is 1. The normalized spacial score (nSPS) is 16.5. The fourth-order valence-electron chi connectivity index (χ4n) is 4.55. The molecule has 2 aliphatic rings. The lowest BCUT2D eigenvalue weighted by molar-refractivity contribution is -0.121. The molecule has 196 valence electrons. The van der Waals surface area contributed by atoms with Gasteiger partial charge in [-0.1, -0.05) is 24.6 Å². The van der Waals surface area contributed by atoms with Crippen LogP contribution in [0.4, 0.5) is 11.4 Å². The second-order valence-corrected chi connectivity index (χ2v) is 11.1. The van der Waals surface area contributed by atoms with Crippen molar-refractivity contribution < 1.29 is 27.5 Å². The van der Waals surface area contributed by atoms with Gasteiger partial charge in [-0.2, -0.15) is 4.31 Å². The summed E-state index contributed by atoms with van der Waals surface area (Å²) in [6, 6.07) is 19.5. The van der Waals surface area contributed by atoms with Crippen LogP contribution in [0.5, 0.6) is 11.5 Å². The maximum atomic E-state index is 13.3. The van der Waals surface area contributed by atoms with E-state index >= 15 is 0 Å². The molecule has 0 aliphatic carbocycles. The number of carbonyl (C=O) groups is 3. The first kappa shape index (κ1) is 25.6. The number of para-hydroxylation sites is 1. The molecule has 2 fully saturated rings. The SMILES string of the molecule is O=C(Nc1cc(S(=O)(=O)N2CCCCC2)ccc1Oc1ccccc1)c1ccc(N2C(=O)CCC2=O)cc1. The van der Waals surface area contributed by atoms with Crippen LogP contribution in [-0.4, -0.2) is 43.5 Å². The van der Waals surface area contributed by atoms with Crippen LogP contribution in [0.3, 0.4) is 0 Å². The lowest BCUT2D eigenvalue weighted by Crippen LogP contribution is -2.35. The van der Waals surface area contributed by atoms with Crippen LogP contribution in [0.2, 0.25) is 0 Å². The zero-order valence-corrected chi connectivity index (χ0v) is 21.4. The van der Waals surface area contributed by atoms with E-state index in [0.717, 1.165) is 24.2 Å². The number of rotatable bonds is 7. The molecule has 0 saturated carbocycles. The van der Waals surface area contributed by atoms with Gasteiger partial charge >= 0.3 is 0 Å². The highest BCUT2D eigenvalue weighted by atomic mass is 32.2. The molecule has 3 amide bonds. The van der Waals surface area contributed by atoms with Crippen molar-refractivity contribution in [2.24, 2.45) is 0 Å². The van der Waals surface area contributed by atoms with Gasteiger partial charge in [0.25, 0.3) is 5.91 Å². The van der Waals surface area contributed by atoms with E-state index in [1.54, 1.807) is 24.3 Å². The Hall–Kier alpha value is -4.02. The number of anilines is 2. The maximum Gasteiger partial charge on any atom is 0.255 e. The predicted molar refractivity (Wildman–Crippen MR) is 142 cm³/mol. The lowest BCUT2D eigenvalue weighted by Gasteiger charge is -2.26. The number of hydrogen-bond acceptors (Lipinski definition) is 6. The summed E-state index contributed by atoms with van der Waals surface area (Å²) in [6.07, 6.45) is 2.95. The molecule has 38 heavy (non-hydrogen) atoms. The number of nitrogens with one attached hydrogen (secondary N) is 1. The van der Waals surface area contributed by atoms with Crippen LogP contribution in [0.15, 0.2) is 77.7 Å². The molecule has 3 aromatic rings. The number of imide groups is 1. The van der Waals surface area contributed by atoms with Crippen molar-refractivity contribution >= 4 is 39.1 Å². The van der Waals surface area contributed by atoms with E-state index in [2.05, 4.69) is 5.32 Å². The topological polar surface area (TPSA) is 113 Å². The molecule has 9 nitrogen and oxygen atoms in total. The van der Waals surface area contributed by atoms with Gasteiger partial charge in [0.1, 0.15) is 5.75 Å². The van der Waals surface area contributed by atoms with Crippen molar-refractivity contribution in [1.82, 2.24) is 4.31 Å². The molecule has 0 aromatic heterocycles. The van der Waals surface area contributed by atoms with Crippen molar-refractivity contribution in [2.75, 3.05) is 23.3 Å². The molecule has 0 atom stereocenters. The Balaban J connectivity index is 1.43. The van der Waals surface area contributed by atoms with Crippen LogP contribution < -0.4 is 15.0 Å². The van der Waals surface area contributed by atoms with Crippen molar-refractivity contribution in [3.8, 4) is 11.5 Å². The predicted octanol–water partition coefficient (Wildman–Crippen LogP) is 4.56. The maximum absolute atomic E-state index is 13.3. The minimum absolute atomic E-state index is 0.0662. The molecule has 2 heterocycles. The highest BCUT2D eigenvalue weighted by molar-refractivity contribution is 7.89. The monoisotopic (exact) mass is 533 g/mol. The summed E-state index contributed by atoms with van der Waals surface area (Å²) < 4.78 is 34.0. The number of amides is 3. The van der Waals surface area contributed by atoms with Crippen LogP contribution in [0.1, 0.15) is 42.5 Å². The number of benzene rings is 3. The molecular weight excluding hydrogens is 506 g/mol. The fourth-order valence-corrected chi connectivity index (χ4v) is 6.09. The first-order chi connectivity index (χ1) is 18.3. The van der Waals surface area contributed by atoms with Crippen LogP contribution >= 0.6 is 0 Å². The Labute approximate surface area is 221 Å². The average molecular weight is 534 g/mol. The van der Waals surface area contributed by atoms with E-state index in [1.165, 1.54) is 46.8 Å². The number of piperidine rings is 1. The molecule has 0 spiro atoms. The second-order valence-electron chi connectivity index (χ2n) is 9.16. The molecule has 1 N–H and O–H groups in total. The average Bonchev–Trinajstić information content (AvgIpc) is 3.28. The quantitative estimate of drug-likeness (QED) is 0.446. The van der Waals surface area contributed by atoms with E-state index in [4.69, 9.17) is 4.74 Å². The summed E-state index contributed by atoms with van der Waals surface area (Å²) in [5.74, 6) is -0.240. The van der Waals surface area contributed by atoms with Gasteiger partial charge in [-0.15, -0.1) is 0 Å². The van der Waals surface area contributed by atoms with Gasteiger partial charge in [0, 0.05) is 31.5 Å². The van der Waals surface area contributed by atoms with Gasteiger partial charge in [0.05, 0.1) is 16.3 Å². The molecule has 3 aromatic carbocycles. The van der Waals surface area contributed by atoms with E-state index < -0.39 is 15.9 Å². The summed E-state index contributed by atoms with van der Waals surface area (Å²) in [6.45, 7) is 0.918. The number of hydrogen-bond donors (Lipinski definition) is 1. The summed E-state index contributed by atoms with van der Waals surface area (Å²) in [7, 11) is -3.74. The smallest absolute Gasteiger partial charge is 0.255 e. The first-order valence-corrected chi connectivity index (χ1v) is 13.9. The largest absolute Gasteiger partial charge is 0.455 e. The van der Waals surface area contributed by atoms with Gasteiger partial charge in [0.2, 0.25) is 21.8 Å². The van der Waals surface area contributed by atoms with Gasteiger partial charge < -0.3 is 10.1 Å². The van der Waals surface area contributed by atoms with E-state index in [9.17, 15) is 22.8 Å². The summed E-state index contributed by atoms with van der Waals surface area (Å²) in [5.41, 5.74) is 0.866. The van der Waals surface area contributed by atoms with Gasteiger partial charge in [-0.25, -0.2) is 8.42 Å². The summed E-state index contributed by atoms with van der Waals surface area (Å²) in [5, 5.41) is 2.77. The van der Waals surface area contributed by atoms with Crippen molar-refractivity contribution in [2.45, 2.75) is 37.0 Å². The van der Waals surface area contributed by atoms with Crippen LogP contribution in [0, 0.1) is 0 Å². The Morgan fingerprint density at radius 1 is 0.816 bits per heavy atom. The van der Waals surface area contributed by atoms with E-state index in [1.807, 2.05) is 6.07 Å². The zero-order chi connectivity index (χ0) is 26.7. The van der Waals surface area contributed by atoms with E-state index in [-0.39, 0.29) is 46.6 Å². The third-order valence-corrected chi connectivity index (χ3v) is 8.46. The Bertz CT molecular complexity index is 1450. The minimum atomic E-state index is -3.74. The second kappa shape index (κ2) is 10.8. The molecule has 0 unspecified atom stereocenters. The molecule has 2 aliphatic heterocycles. The highest BCUT2D eigenvalue weighted by Gasteiger charge is 2.30.